The fourth-order valence-electron chi connectivity index (χ4n) is 16.6. The molecule has 0 radical (unpaired) electrons. The van der Waals surface area contributed by atoms with Gasteiger partial charge in [0.1, 0.15) is 11.2 Å². The molecule has 4 aliphatic rings. The Morgan fingerprint density at radius 1 is 0.306 bits per heavy atom. The van der Waals surface area contributed by atoms with Crippen molar-refractivity contribution >= 4 is 99.5 Å². The second-order valence-electron chi connectivity index (χ2n) is 24.6. The van der Waals surface area contributed by atoms with Gasteiger partial charge in [0.15, 0.2) is 11.2 Å². The van der Waals surface area contributed by atoms with Crippen LogP contribution >= 0.6 is 0 Å². The molecule has 2 saturated carbocycles. The van der Waals surface area contributed by atoms with Gasteiger partial charge in [-0.1, -0.05) is 227 Å². The molecular formula is C81H62N2O2. The van der Waals surface area contributed by atoms with Crippen molar-refractivity contribution in [3.63, 3.8) is 0 Å². The summed E-state index contributed by atoms with van der Waals surface area (Å²) in [7, 11) is 0. The summed E-state index contributed by atoms with van der Waals surface area (Å²) in [5.41, 5.74) is 22.7. The number of rotatable bonds is 8. The lowest BCUT2D eigenvalue weighted by molar-refractivity contribution is 0.442. The van der Waals surface area contributed by atoms with E-state index in [0.717, 1.165) is 67.2 Å². The lowest BCUT2D eigenvalue weighted by Gasteiger charge is -2.33. The molecule has 1 spiro atoms. The summed E-state index contributed by atoms with van der Waals surface area (Å²) in [6.07, 6.45) is 12.6. The van der Waals surface area contributed by atoms with Gasteiger partial charge in [0.2, 0.25) is 0 Å². The number of hydrogen-bond donors (Lipinski definition) is 0. The molecule has 0 bridgehead atoms. The number of furan rings is 2. The highest BCUT2D eigenvalue weighted by atomic mass is 16.3. The van der Waals surface area contributed by atoms with Crippen molar-refractivity contribution in [2.24, 2.45) is 0 Å². The Kier molecular flexibility index (Phi) is 11.0. The van der Waals surface area contributed by atoms with E-state index in [1.165, 1.54) is 152 Å². The standard InChI is InChI=1S/C81H62N2O2/c1-5-23-51(24-6-1)58-35-19-37-64-66-39-21-43-72(79(66)84-77(58)64)82(54-27-9-3-10-28-54)56-46-48-57-53(49-56)45-47-68-75-63-34-14-13-33-62(63)74(50-71(75)81(76(57)68)69-41-17-15-31-60(69)61-32-16-18-42-70(61)81)83(55-29-11-4-12-30-55)73-44-22-40-67-65-38-20-36-59(78(65)85-80(67)73)52-25-7-2-8-26-52/h3-4,9-22,27-52H,1-2,5-8,23-26H2. The van der Waals surface area contributed by atoms with Crippen molar-refractivity contribution in [1.29, 1.82) is 0 Å². The van der Waals surface area contributed by atoms with E-state index in [-0.39, 0.29) is 0 Å². The molecule has 14 aromatic rings. The maximum atomic E-state index is 7.38. The average molecular weight is 1100 g/mol. The van der Waals surface area contributed by atoms with E-state index >= 15 is 0 Å². The van der Waals surface area contributed by atoms with Crippen molar-refractivity contribution in [2.75, 3.05) is 9.80 Å². The van der Waals surface area contributed by atoms with Gasteiger partial charge in [-0.15, -0.1) is 0 Å². The maximum Gasteiger partial charge on any atom is 0.159 e. The molecule has 18 rings (SSSR count). The fourth-order valence-corrected chi connectivity index (χ4v) is 16.6. The molecule has 4 nitrogen and oxygen atoms in total. The molecule has 0 N–H and O–H groups in total. The summed E-state index contributed by atoms with van der Waals surface area (Å²) in [6.45, 7) is 0. The van der Waals surface area contributed by atoms with E-state index in [1.807, 2.05) is 0 Å². The molecule has 2 fully saturated rings. The Labute approximate surface area is 495 Å². The van der Waals surface area contributed by atoms with Crippen LogP contribution in [0.2, 0.25) is 0 Å². The topological polar surface area (TPSA) is 32.8 Å². The van der Waals surface area contributed by atoms with E-state index < -0.39 is 5.41 Å². The fraction of sp³-hybridized carbons (Fsp3) is 0.160. The van der Waals surface area contributed by atoms with Crippen LogP contribution in [0.3, 0.4) is 0 Å². The molecule has 85 heavy (non-hydrogen) atoms. The van der Waals surface area contributed by atoms with E-state index in [2.05, 4.69) is 252 Å². The van der Waals surface area contributed by atoms with Crippen LogP contribution in [0.15, 0.2) is 251 Å². The zero-order valence-electron chi connectivity index (χ0n) is 47.5. The lowest BCUT2D eigenvalue weighted by Crippen LogP contribution is -2.26. The van der Waals surface area contributed by atoms with Gasteiger partial charge in [-0.3, -0.25) is 0 Å². The molecule has 0 atom stereocenters. The number of hydrogen-bond acceptors (Lipinski definition) is 4. The smallest absolute Gasteiger partial charge is 0.159 e. The first-order valence-electron chi connectivity index (χ1n) is 31.1. The molecular weight excluding hydrogens is 1030 g/mol. The number of benzene rings is 12. The van der Waals surface area contributed by atoms with Crippen molar-refractivity contribution in [2.45, 2.75) is 81.5 Å². The molecule has 4 aliphatic carbocycles. The van der Waals surface area contributed by atoms with Gasteiger partial charge in [-0.05, 0) is 164 Å². The van der Waals surface area contributed by atoms with E-state index in [9.17, 15) is 0 Å². The van der Waals surface area contributed by atoms with Crippen LogP contribution in [-0.2, 0) is 5.41 Å². The molecule has 12 aromatic carbocycles. The van der Waals surface area contributed by atoms with Gasteiger partial charge >= 0.3 is 0 Å². The summed E-state index contributed by atoms with van der Waals surface area (Å²) in [5.74, 6) is 1.02. The highest BCUT2D eigenvalue weighted by Gasteiger charge is 2.53. The molecule has 0 amide bonds. The number of para-hydroxylation sites is 6. The zero-order chi connectivity index (χ0) is 55.7. The molecule has 0 unspecified atom stereocenters. The van der Waals surface area contributed by atoms with Crippen LogP contribution in [0.5, 0.6) is 0 Å². The van der Waals surface area contributed by atoms with Gasteiger partial charge < -0.3 is 18.6 Å². The first-order chi connectivity index (χ1) is 42.2. The van der Waals surface area contributed by atoms with Gasteiger partial charge in [-0.25, -0.2) is 0 Å². The van der Waals surface area contributed by atoms with Crippen molar-refractivity contribution in [1.82, 2.24) is 0 Å². The highest BCUT2D eigenvalue weighted by molar-refractivity contribution is 6.18. The lowest BCUT2D eigenvalue weighted by atomic mass is 9.69. The second-order valence-corrected chi connectivity index (χ2v) is 24.6. The quantitative estimate of drug-likeness (QED) is 0.152. The van der Waals surface area contributed by atoms with Crippen LogP contribution in [0, 0.1) is 0 Å². The Morgan fingerprint density at radius 2 is 0.788 bits per heavy atom. The van der Waals surface area contributed by atoms with Gasteiger partial charge in [0, 0.05) is 44.0 Å². The summed E-state index contributed by atoms with van der Waals surface area (Å²) < 4.78 is 14.6. The summed E-state index contributed by atoms with van der Waals surface area (Å²) in [6, 6.07) is 91.2. The third-order valence-electron chi connectivity index (χ3n) is 20.2. The molecule has 408 valence electrons. The van der Waals surface area contributed by atoms with Crippen LogP contribution in [0.1, 0.15) is 109 Å². The number of nitrogens with zero attached hydrogens (tertiary/aromatic N) is 2. The Hall–Kier alpha value is -9.64. The van der Waals surface area contributed by atoms with Gasteiger partial charge in [0.05, 0.1) is 22.5 Å². The highest BCUT2D eigenvalue weighted by Crippen LogP contribution is 2.66. The predicted molar refractivity (Wildman–Crippen MR) is 353 cm³/mol. The first-order valence-corrected chi connectivity index (χ1v) is 31.1. The third kappa shape index (κ3) is 7.15. The third-order valence-corrected chi connectivity index (χ3v) is 20.2. The molecule has 2 heterocycles. The van der Waals surface area contributed by atoms with E-state index in [4.69, 9.17) is 8.83 Å². The minimum Gasteiger partial charge on any atom is -0.454 e. The number of fused-ring (bicyclic) bond motifs is 20. The van der Waals surface area contributed by atoms with Gasteiger partial charge in [-0.2, -0.15) is 0 Å². The Balaban J connectivity index is 0.878. The Bertz CT molecular complexity index is 4950. The monoisotopic (exact) mass is 1090 g/mol. The largest absolute Gasteiger partial charge is 0.454 e. The van der Waals surface area contributed by atoms with Gasteiger partial charge in [0.25, 0.3) is 0 Å². The van der Waals surface area contributed by atoms with E-state index in [1.54, 1.807) is 0 Å². The van der Waals surface area contributed by atoms with Crippen LogP contribution in [0.4, 0.5) is 34.1 Å². The summed E-state index contributed by atoms with van der Waals surface area (Å²) in [5, 5.41) is 9.52. The van der Waals surface area contributed by atoms with Crippen molar-refractivity contribution in [3.05, 3.63) is 276 Å². The van der Waals surface area contributed by atoms with Crippen molar-refractivity contribution in [3.8, 4) is 22.3 Å². The van der Waals surface area contributed by atoms with Crippen molar-refractivity contribution < 1.29 is 8.83 Å². The number of anilines is 6. The molecule has 0 aliphatic heterocycles. The normalized spacial score (nSPS) is 15.5. The zero-order valence-corrected chi connectivity index (χ0v) is 47.5. The van der Waals surface area contributed by atoms with Crippen LogP contribution < -0.4 is 9.80 Å². The minimum atomic E-state index is -0.671. The van der Waals surface area contributed by atoms with E-state index in [0.29, 0.717) is 11.8 Å². The Morgan fingerprint density at radius 3 is 1.38 bits per heavy atom. The second kappa shape index (κ2) is 19.2. The first kappa shape index (κ1) is 48.8. The minimum absolute atomic E-state index is 0.504. The maximum absolute atomic E-state index is 7.38. The predicted octanol–water partition coefficient (Wildman–Crippen LogP) is 23.2. The van der Waals surface area contributed by atoms with Crippen LogP contribution in [-0.4, -0.2) is 0 Å². The summed E-state index contributed by atoms with van der Waals surface area (Å²) >= 11 is 0. The summed E-state index contributed by atoms with van der Waals surface area (Å²) in [4.78, 5) is 4.92. The molecule has 0 saturated heterocycles. The van der Waals surface area contributed by atoms with Crippen LogP contribution in [0.25, 0.3) is 87.7 Å². The SMILES string of the molecule is c1ccc(N(c2ccc3c4c(ccc3c2)-c2c(cc(N(c3ccccc3)c3cccc5c3oc3c(C6CCCCC6)cccc35)c3ccccc23)C42c3ccccc3-c3ccccc32)c2cccc3c2oc2c(C4CCCCC4)cccc23)cc1. The molecule has 2 aromatic heterocycles. The molecule has 4 heteroatoms. The average Bonchev–Trinajstić information content (AvgIpc) is 1.54.